The Bertz CT molecular complexity index is 212. The van der Waals surface area contributed by atoms with Crippen molar-refractivity contribution in [1.82, 2.24) is 5.32 Å². The van der Waals surface area contributed by atoms with Crippen molar-refractivity contribution in [2.24, 2.45) is 11.8 Å². The third kappa shape index (κ3) is 4.12. The summed E-state index contributed by atoms with van der Waals surface area (Å²) >= 11 is 0. The number of hydrogen-bond donors (Lipinski definition) is 2. The number of carbonyl (C=O) groups is 1. The minimum atomic E-state index is -0.347. The van der Waals surface area contributed by atoms with Gasteiger partial charge < -0.3 is 10.4 Å². The summed E-state index contributed by atoms with van der Waals surface area (Å²) in [7, 11) is 0. The molecule has 2 N–H and O–H groups in total. The van der Waals surface area contributed by atoms with Gasteiger partial charge in [0.25, 0.3) is 0 Å². The van der Waals surface area contributed by atoms with E-state index in [0.717, 1.165) is 25.7 Å². The van der Waals surface area contributed by atoms with Crippen molar-refractivity contribution < 1.29 is 9.90 Å². The van der Waals surface area contributed by atoms with Gasteiger partial charge in [0.1, 0.15) is 0 Å². The lowest BCUT2D eigenvalue weighted by Gasteiger charge is -2.19. The molecule has 0 aromatic rings. The Balaban J connectivity index is 2.19. The van der Waals surface area contributed by atoms with Crippen LogP contribution < -0.4 is 5.32 Å². The van der Waals surface area contributed by atoms with Crippen molar-refractivity contribution in [2.45, 2.75) is 58.5 Å². The molecule has 2 atom stereocenters. The molecule has 1 fully saturated rings. The van der Waals surface area contributed by atoms with E-state index in [-0.39, 0.29) is 17.9 Å². The highest BCUT2D eigenvalue weighted by molar-refractivity contribution is 5.78. The second-order valence-electron chi connectivity index (χ2n) is 5.05. The molecular weight excluding hydrogens is 202 g/mol. The van der Waals surface area contributed by atoms with Crippen LogP contribution in [0.4, 0.5) is 0 Å². The minimum Gasteiger partial charge on any atom is -0.391 e. The first-order valence-corrected chi connectivity index (χ1v) is 6.61. The van der Waals surface area contributed by atoms with Gasteiger partial charge in [-0.2, -0.15) is 0 Å². The van der Waals surface area contributed by atoms with Crippen LogP contribution in [-0.4, -0.2) is 23.7 Å². The summed E-state index contributed by atoms with van der Waals surface area (Å²) in [4.78, 5) is 11.6. The van der Waals surface area contributed by atoms with Crippen LogP contribution in [0, 0.1) is 11.8 Å². The summed E-state index contributed by atoms with van der Waals surface area (Å²) in [5, 5.41) is 12.7. The van der Waals surface area contributed by atoms with Crippen molar-refractivity contribution in [1.29, 1.82) is 0 Å². The summed E-state index contributed by atoms with van der Waals surface area (Å²) in [5.74, 6) is 0.557. The second kappa shape index (κ2) is 6.89. The first-order valence-electron chi connectivity index (χ1n) is 6.61. The average molecular weight is 227 g/mol. The molecule has 3 heteroatoms. The standard InChI is InChI=1S/C13H25NO2/c1-3-6-10(2)13(16)14-9-12(15)11-7-4-5-8-11/h10-12,15H,3-9H2,1-2H3,(H,14,16). The molecule has 0 radical (unpaired) electrons. The van der Waals surface area contributed by atoms with Gasteiger partial charge >= 0.3 is 0 Å². The lowest BCUT2D eigenvalue weighted by molar-refractivity contribution is -0.125. The molecular formula is C13H25NO2. The van der Waals surface area contributed by atoms with Crippen LogP contribution in [0.25, 0.3) is 0 Å². The monoisotopic (exact) mass is 227 g/mol. The number of nitrogens with one attached hydrogen (secondary N) is 1. The quantitative estimate of drug-likeness (QED) is 0.730. The predicted molar refractivity (Wildman–Crippen MR) is 65.0 cm³/mol. The Morgan fingerprint density at radius 1 is 1.44 bits per heavy atom. The molecule has 3 nitrogen and oxygen atoms in total. The first kappa shape index (κ1) is 13.5. The van der Waals surface area contributed by atoms with Crippen molar-refractivity contribution in [3.05, 3.63) is 0 Å². The predicted octanol–water partition coefficient (Wildman–Crippen LogP) is 2.09. The molecule has 0 aliphatic heterocycles. The van der Waals surface area contributed by atoms with E-state index in [1.807, 2.05) is 6.92 Å². The van der Waals surface area contributed by atoms with E-state index >= 15 is 0 Å². The fraction of sp³-hybridized carbons (Fsp3) is 0.923. The van der Waals surface area contributed by atoms with Gasteiger partial charge in [0, 0.05) is 12.5 Å². The SMILES string of the molecule is CCCC(C)C(=O)NCC(O)C1CCCC1. The maximum atomic E-state index is 11.6. The number of rotatable bonds is 6. The van der Waals surface area contributed by atoms with E-state index in [9.17, 15) is 9.90 Å². The van der Waals surface area contributed by atoms with Crippen LogP contribution in [-0.2, 0) is 4.79 Å². The van der Waals surface area contributed by atoms with E-state index in [1.165, 1.54) is 12.8 Å². The van der Waals surface area contributed by atoms with Crippen LogP contribution in [0.1, 0.15) is 52.4 Å². The summed E-state index contributed by atoms with van der Waals surface area (Å²) < 4.78 is 0. The normalized spacial score (nSPS) is 20.7. The van der Waals surface area contributed by atoms with Gasteiger partial charge in [0.15, 0.2) is 0 Å². The molecule has 0 spiro atoms. The van der Waals surface area contributed by atoms with Crippen molar-refractivity contribution in [3.8, 4) is 0 Å². The van der Waals surface area contributed by atoms with Crippen LogP contribution in [0.15, 0.2) is 0 Å². The largest absolute Gasteiger partial charge is 0.391 e. The lowest BCUT2D eigenvalue weighted by atomic mass is 10.0. The highest BCUT2D eigenvalue weighted by Gasteiger charge is 2.23. The highest BCUT2D eigenvalue weighted by atomic mass is 16.3. The average Bonchev–Trinajstić information content (AvgIpc) is 2.79. The minimum absolute atomic E-state index is 0.0702. The van der Waals surface area contributed by atoms with E-state index in [0.29, 0.717) is 12.5 Å². The Morgan fingerprint density at radius 3 is 2.62 bits per heavy atom. The smallest absolute Gasteiger partial charge is 0.222 e. The zero-order chi connectivity index (χ0) is 12.0. The molecule has 94 valence electrons. The number of aliphatic hydroxyl groups is 1. The Labute approximate surface area is 98.6 Å². The molecule has 1 aliphatic carbocycles. The summed E-state index contributed by atoms with van der Waals surface area (Å²) in [5.41, 5.74) is 0. The molecule has 0 saturated heterocycles. The molecule has 1 aliphatic rings. The number of hydrogen-bond acceptors (Lipinski definition) is 2. The fourth-order valence-corrected chi connectivity index (χ4v) is 2.45. The second-order valence-corrected chi connectivity index (χ2v) is 5.05. The Morgan fingerprint density at radius 2 is 2.06 bits per heavy atom. The highest BCUT2D eigenvalue weighted by Crippen LogP contribution is 2.27. The van der Waals surface area contributed by atoms with Gasteiger partial charge in [-0.3, -0.25) is 4.79 Å². The molecule has 1 amide bonds. The number of aliphatic hydroxyl groups excluding tert-OH is 1. The summed E-state index contributed by atoms with van der Waals surface area (Å²) in [6, 6.07) is 0. The van der Waals surface area contributed by atoms with Gasteiger partial charge in [-0.15, -0.1) is 0 Å². The van der Waals surface area contributed by atoms with E-state index in [2.05, 4.69) is 12.2 Å². The van der Waals surface area contributed by atoms with Gasteiger partial charge in [0.2, 0.25) is 5.91 Å². The number of amides is 1. The maximum Gasteiger partial charge on any atom is 0.222 e. The topological polar surface area (TPSA) is 49.3 Å². The lowest BCUT2D eigenvalue weighted by Crippen LogP contribution is -2.38. The molecule has 0 aromatic heterocycles. The third-order valence-corrected chi connectivity index (χ3v) is 3.60. The van der Waals surface area contributed by atoms with Crippen LogP contribution >= 0.6 is 0 Å². The first-order chi connectivity index (χ1) is 7.65. The van der Waals surface area contributed by atoms with Gasteiger partial charge in [-0.05, 0) is 25.2 Å². The fourth-order valence-electron chi connectivity index (χ4n) is 2.45. The molecule has 1 rings (SSSR count). The number of carbonyl (C=O) groups excluding carboxylic acids is 1. The van der Waals surface area contributed by atoms with Crippen molar-refractivity contribution >= 4 is 5.91 Å². The summed E-state index contributed by atoms with van der Waals surface area (Å²) in [6.45, 7) is 4.45. The molecule has 0 heterocycles. The van der Waals surface area contributed by atoms with Crippen LogP contribution in [0.2, 0.25) is 0 Å². The molecule has 0 aromatic carbocycles. The van der Waals surface area contributed by atoms with Gasteiger partial charge in [-0.1, -0.05) is 33.1 Å². The maximum absolute atomic E-state index is 11.6. The van der Waals surface area contributed by atoms with Gasteiger partial charge in [0.05, 0.1) is 6.10 Å². The third-order valence-electron chi connectivity index (χ3n) is 3.60. The molecule has 1 saturated carbocycles. The zero-order valence-corrected chi connectivity index (χ0v) is 10.5. The Hall–Kier alpha value is -0.570. The summed E-state index contributed by atoms with van der Waals surface area (Å²) in [6.07, 6.45) is 6.28. The van der Waals surface area contributed by atoms with Crippen molar-refractivity contribution in [3.63, 3.8) is 0 Å². The van der Waals surface area contributed by atoms with E-state index in [4.69, 9.17) is 0 Å². The van der Waals surface area contributed by atoms with Crippen LogP contribution in [0.3, 0.4) is 0 Å². The zero-order valence-electron chi connectivity index (χ0n) is 10.5. The van der Waals surface area contributed by atoms with Crippen LogP contribution in [0.5, 0.6) is 0 Å². The van der Waals surface area contributed by atoms with E-state index < -0.39 is 0 Å². The molecule has 0 bridgehead atoms. The molecule has 16 heavy (non-hydrogen) atoms. The Kier molecular flexibility index (Phi) is 5.81. The van der Waals surface area contributed by atoms with E-state index in [1.54, 1.807) is 0 Å². The van der Waals surface area contributed by atoms with Crippen molar-refractivity contribution in [2.75, 3.05) is 6.54 Å². The van der Waals surface area contributed by atoms with Gasteiger partial charge in [-0.25, -0.2) is 0 Å². The molecule has 2 unspecified atom stereocenters.